The van der Waals surface area contributed by atoms with Crippen molar-refractivity contribution in [3.05, 3.63) is 35.4 Å². The molecule has 0 radical (unpaired) electrons. The molecule has 6 nitrogen and oxygen atoms in total. The molecule has 12 heteroatoms. The minimum atomic E-state index is -5.87. The predicted octanol–water partition coefficient (Wildman–Crippen LogP) is 2.29. The van der Waals surface area contributed by atoms with Crippen molar-refractivity contribution in [1.82, 2.24) is 0 Å². The lowest BCUT2D eigenvalue weighted by molar-refractivity contribution is -0.246. The van der Waals surface area contributed by atoms with Gasteiger partial charge in [-0.2, -0.15) is 22.0 Å². The highest BCUT2D eigenvalue weighted by Crippen LogP contribution is 2.37. The zero-order valence-corrected chi connectivity index (χ0v) is 11.5. The van der Waals surface area contributed by atoms with Gasteiger partial charge in [-0.25, -0.2) is 13.8 Å². The van der Waals surface area contributed by atoms with Crippen molar-refractivity contribution >= 4 is 23.0 Å². The van der Waals surface area contributed by atoms with Crippen molar-refractivity contribution in [2.24, 2.45) is 0 Å². The maximum Gasteiger partial charge on any atom is 0.432 e. The van der Waals surface area contributed by atoms with Crippen LogP contribution in [0.5, 0.6) is 0 Å². The van der Waals surface area contributed by atoms with E-state index in [2.05, 4.69) is 4.74 Å². The maximum absolute atomic E-state index is 13.2. The summed E-state index contributed by atoms with van der Waals surface area (Å²) in [5.74, 6) is -3.74. The van der Waals surface area contributed by atoms with Gasteiger partial charge in [0.05, 0.1) is 11.1 Å². The zero-order chi connectivity index (χ0) is 18.0. The first-order chi connectivity index (χ1) is 10.4. The molecule has 0 heterocycles. The molecule has 128 valence electrons. The van der Waals surface area contributed by atoms with Crippen LogP contribution in [0, 0.1) is 0 Å². The minimum Gasteiger partial charge on any atom is -0.478 e. The Morgan fingerprint density at radius 2 is 1.57 bits per heavy atom. The lowest BCUT2D eigenvalue weighted by Gasteiger charge is -2.25. The fraction of sp³-hybridized carbons (Fsp3) is 0.273. The Kier molecular flexibility index (Phi) is 5.43. The highest BCUT2D eigenvalue weighted by Gasteiger charge is 2.62. The van der Waals surface area contributed by atoms with E-state index in [1.807, 2.05) is 0 Å². The van der Waals surface area contributed by atoms with E-state index in [-0.39, 0.29) is 0 Å². The van der Waals surface area contributed by atoms with Gasteiger partial charge in [0.15, 0.2) is 0 Å². The predicted molar refractivity (Wildman–Crippen MR) is 64.4 cm³/mol. The first-order valence-electron chi connectivity index (χ1n) is 5.47. The van der Waals surface area contributed by atoms with Crippen molar-refractivity contribution in [2.45, 2.75) is 17.5 Å². The molecule has 1 aromatic carbocycles. The minimum absolute atomic E-state index is 0.743. The van der Waals surface area contributed by atoms with E-state index in [0.717, 1.165) is 24.3 Å². The number of carbonyl (C=O) groups excluding carboxylic acids is 1. The monoisotopic (exact) mass is 362 g/mol. The summed E-state index contributed by atoms with van der Waals surface area (Å²) in [5, 5.41) is 3.45. The van der Waals surface area contributed by atoms with Crippen molar-refractivity contribution in [3.8, 4) is 0 Å². The first-order valence-corrected chi connectivity index (χ1v) is 6.58. The van der Waals surface area contributed by atoms with E-state index in [4.69, 9.17) is 9.66 Å². The van der Waals surface area contributed by atoms with Crippen molar-refractivity contribution in [2.75, 3.05) is 0 Å². The molecule has 0 fully saturated rings. The van der Waals surface area contributed by atoms with Crippen LogP contribution in [0.3, 0.4) is 0 Å². The average Bonchev–Trinajstić information content (AvgIpc) is 2.42. The highest BCUT2D eigenvalue weighted by atomic mass is 32.2. The number of ether oxygens (including phenoxy) is 1. The number of esters is 1. The molecular weight excluding hydrogens is 355 g/mol. The summed E-state index contributed by atoms with van der Waals surface area (Å²) >= 11 is -4.29. The molecule has 0 saturated carbocycles. The fourth-order valence-corrected chi connectivity index (χ4v) is 1.80. The van der Waals surface area contributed by atoms with Crippen LogP contribution in [0.1, 0.15) is 20.7 Å². The Labute approximate surface area is 127 Å². The largest absolute Gasteiger partial charge is 0.478 e. The normalized spacial score (nSPS) is 14.9. The number of alkyl halides is 5. The Balaban J connectivity index is 3.23. The number of carboxylic acid groups (broad SMARTS) is 1. The Morgan fingerprint density at radius 1 is 1.09 bits per heavy atom. The van der Waals surface area contributed by atoms with Gasteiger partial charge >= 0.3 is 23.4 Å². The molecule has 0 aliphatic carbocycles. The van der Waals surface area contributed by atoms with Gasteiger partial charge in [-0.3, -0.25) is 0 Å². The quantitative estimate of drug-likeness (QED) is 0.474. The summed E-state index contributed by atoms with van der Waals surface area (Å²) in [6.45, 7) is 0. The summed E-state index contributed by atoms with van der Waals surface area (Å²) in [7, 11) is 0. The lowest BCUT2D eigenvalue weighted by Crippen LogP contribution is -2.50. The molecule has 2 N–H and O–H groups in total. The van der Waals surface area contributed by atoms with Crippen molar-refractivity contribution < 1.29 is 50.1 Å². The number of carbonyl (C=O) groups is 2. The van der Waals surface area contributed by atoms with E-state index in [0.29, 0.717) is 0 Å². The molecule has 0 bridgehead atoms. The number of halogens is 5. The van der Waals surface area contributed by atoms with Crippen molar-refractivity contribution in [3.63, 3.8) is 0 Å². The van der Waals surface area contributed by atoms with Crippen LogP contribution in [0.15, 0.2) is 24.3 Å². The number of rotatable bonds is 5. The topological polar surface area (TPSA) is 101 Å². The van der Waals surface area contributed by atoms with Crippen LogP contribution >= 0.6 is 0 Å². The van der Waals surface area contributed by atoms with Gasteiger partial charge < -0.3 is 14.4 Å². The molecule has 0 amide bonds. The first kappa shape index (κ1) is 19.0. The standard InChI is InChI=1S/C11H7F5O6S/c12-10(13,14)9(11(15,16)23(20)21)22-8(19)6-4-2-1-3-5(6)7(17)18/h1-4,9H,(H,17,18)(H,20,21). The third-order valence-corrected chi connectivity index (χ3v) is 3.12. The zero-order valence-electron chi connectivity index (χ0n) is 10.7. The van der Waals surface area contributed by atoms with Crippen LogP contribution < -0.4 is 0 Å². The molecule has 23 heavy (non-hydrogen) atoms. The second-order valence-corrected chi connectivity index (χ2v) is 5.03. The van der Waals surface area contributed by atoms with Gasteiger partial charge in [-0.15, -0.1) is 0 Å². The van der Waals surface area contributed by atoms with E-state index in [9.17, 15) is 35.8 Å². The molecule has 0 spiro atoms. The Bertz CT molecular complexity index is 644. The van der Waals surface area contributed by atoms with Gasteiger partial charge in [0.25, 0.3) is 6.10 Å². The molecule has 2 atom stereocenters. The third-order valence-electron chi connectivity index (χ3n) is 2.44. The molecule has 0 aliphatic rings. The summed E-state index contributed by atoms with van der Waals surface area (Å²) in [4.78, 5) is 22.4. The van der Waals surface area contributed by atoms with Gasteiger partial charge in [-0.1, -0.05) is 12.1 Å². The Hall–Kier alpha value is -2.08. The van der Waals surface area contributed by atoms with E-state index in [1.54, 1.807) is 0 Å². The van der Waals surface area contributed by atoms with Crippen molar-refractivity contribution in [1.29, 1.82) is 0 Å². The lowest BCUT2D eigenvalue weighted by atomic mass is 10.1. The molecule has 0 saturated heterocycles. The van der Waals surface area contributed by atoms with E-state index >= 15 is 0 Å². The second kappa shape index (κ2) is 6.58. The number of hydrogen-bond donors (Lipinski definition) is 2. The molecular formula is C11H7F5O6S. The maximum atomic E-state index is 13.2. The SMILES string of the molecule is O=C(O)c1ccccc1C(=O)OC(C(F)(F)F)C(F)(F)S(=O)O. The molecule has 2 unspecified atom stereocenters. The number of benzene rings is 1. The average molecular weight is 362 g/mol. The van der Waals surface area contributed by atoms with Crippen LogP contribution in [-0.4, -0.2) is 43.3 Å². The van der Waals surface area contributed by atoms with Gasteiger partial charge in [-0.05, 0) is 12.1 Å². The summed E-state index contributed by atoms with van der Waals surface area (Å²) in [6, 6.07) is 3.78. The molecule has 1 aromatic rings. The van der Waals surface area contributed by atoms with Crippen LogP contribution in [0.4, 0.5) is 22.0 Å². The van der Waals surface area contributed by atoms with E-state index in [1.165, 1.54) is 0 Å². The van der Waals surface area contributed by atoms with E-state index < -0.39 is 51.7 Å². The summed E-state index contributed by atoms with van der Waals surface area (Å²) in [5.41, 5.74) is -1.71. The number of aromatic carboxylic acids is 1. The summed E-state index contributed by atoms with van der Waals surface area (Å²) in [6.07, 6.45) is -10.1. The third kappa shape index (κ3) is 4.22. The van der Waals surface area contributed by atoms with Gasteiger partial charge in [0, 0.05) is 0 Å². The second-order valence-electron chi connectivity index (χ2n) is 3.99. The fourth-order valence-electron chi connectivity index (χ4n) is 1.44. The number of hydrogen-bond acceptors (Lipinski definition) is 4. The summed E-state index contributed by atoms with van der Waals surface area (Å²) < 4.78 is 86.4. The van der Waals surface area contributed by atoms with Crippen LogP contribution in [0.2, 0.25) is 0 Å². The van der Waals surface area contributed by atoms with Crippen LogP contribution in [-0.2, 0) is 15.8 Å². The molecule has 0 aromatic heterocycles. The number of carboxylic acids is 1. The Morgan fingerprint density at radius 3 is 1.96 bits per heavy atom. The smallest absolute Gasteiger partial charge is 0.432 e. The van der Waals surface area contributed by atoms with Crippen LogP contribution in [0.25, 0.3) is 0 Å². The van der Waals surface area contributed by atoms with Gasteiger partial charge in [0.1, 0.15) is 0 Å². The molecule has 0 aliphatic heterocycles. The van der Waals surface area contributed by atoms with Gasteiger partial charge in [0.2, 0.25) is 11.1 Å². The molecule has 1 rings (SSSR count). The highest BCUT2D eigenvalue weighted by molar-refractivity contribution is 7.80.